The number of unbranched alkanes of at least 4 members (excludes halogenated alkanes) is 1. The van der Waals surface area contributed by atoms with Crippen LogP contribution in [-0.4, -0.2) is 15.5 Å². The smallest absolute Gasteiger partial charge is 0.330 e. The quantitative estimate of drug-likeness (QED) is 0.650. The molecule has 0 aromatic carbocycles. The van der Waals surface area contributed by atoms with Crippen molar-refractivity contribution in [3.05, 3.63) is 45.0 Å². The summed E-state index contributed by atoms with van der Waals surface area (Å²) < 4.78 is 6.75. The van der Waals surface area contributed by atoms with E-state index in [4.69, 9.17) is 10.2 Å². The molecule has 0 unspecified atom stereocenters. The Morgan fingerprint density at radius 2 is 2.07 bits per heavy atom. The fraction of sp³-hybridized carbons (Fsp3) is 0.591. The van der Waals surface area contributed by atoms with Crippen LogP contribution in [0.3, 0.4) is 0 Å². The Kier molecular flexibility index (Phi) is 7.54. The van der Waals surface area contributed by atoms with E-state index in [-0.39, 0.29) is 24.0 Å². The minimum absolute atomic E-state index is 0.0229. The number of rotatable bonds is 9. The lowest BCUT2D eigenvalue weighted by molar-refractivity contribution is -0.119. The van der Waals surface area contributed by atoms with Crippen molar-refractivity contribution in [1.82, 2.24) is 9.55 Å². The summed E-state index contributed by atoms with van der Waals surface area (Å²) in [6, 6.07) is 3.48. The van der Waals surface area contributed by atoms with E-state index in [0.29, 0.717) is 24.6 Å². The molecule has 8 heteroatoms. The molecule has 0 bridgehead atoms. The average Bonchev–Trinajstić information content (AvgIpc) is 3.25. The van der Waals surface area contributed by atoms with Crippen LogP contribution in [0.5, 0.6) is 0 Å². The number of furan rings is 1. The summed E-state index contributed by atoms with van der Waals surface area (Å²) in [6.45, 7) is 2.48. The van der Waals surface area contributed by atoms with Crippen molar-refractivity contribution in [2.24, 2.45) is 5.92 Å². The Balaban J connectivity index is 1.90. The van der Waals surface area contributed by atoms with Gasteiger partial charge in [0.1, 0.15) is 11.6 Å². The number of hydrogen-bond donors (Lipinski definition) is 2. The highest BCUT2D eigenvalue weighted by Crippen LogP contribution is 2.28. The summed E-state index contributed by atoms with van der Waals surface area (Å²) in [5.74, 6) is 0.929. The molecule has 0 atom stereocenters. The summed E-state index contributed by atoms with van der Waals surface area (Å²) in [5, 5.41) is 0. The molecule has 0 radical (unpaired) electrons. The van der Waals surface area contributed by atoms with Gasteiger partial charge in [0.2, 0.25) is 5.91 Å². The zero-order valence-electron chi connectivity index (χ0n) is 17.7. The van der Waals surface area contributed by atoms with Gasteiger partial charge in [-0.2, -0.15) is 0 Å². The van der Waals surface area contributed by atoms with Gasteiger partial charge in [-0.3, -0.25) is 24.0 Å². The van der Waals surface area contributed by atoms with Crippen molar-refractivity contribution in [3.8, 4) is 0 Å². The number of anilines is 2. The molecule has 1 aliphatic rings. The first-order valence-corrected chi connectivity index (χ1v) is 11.0. The number of nitrogen functional groups attached to an aromatic ring is 1. The molecule has 1 amide bonds. The van der Waals surface area contributed by atoms with Crippen LogP contribution >= 0.6 is 0 Å². The third kappa shape index (κ3) is 5.23. The van der Waals surface area contributed by atoms with E-state index in [2.05, 4.69) is 4.98 Å². The molecule has 1 fully saturated rings. The molecule has 3 rings (SSSR count). The molecule has 2 aromatic heterocycles. The summed E-state index contributed by atoms with van der Waals surface area (Å²) in [7, 11) is 0. The van der Waals surface area contributed by atoms with Gasteiger partial charge in [-0.1, -0.05) is 45.4 Å². The van der Waals surface area contributed by atoms with Crippen LogP contribution in [0.4, 0.5) is 11.5 Å². The number of carbonyl (C=O) groups excluding carboxylic acids is 1. The maximum atomic E-state index is 13.2. The molecule has 2 aromatic rings. The highest BCUT2D eigenvalue weighted by Gasteiger charge is 2.26. The summed E-state index contributed by atoms with van der Waals surface area (Å²) in [4.78, 5) is 41.9. The van der Waals surface area contributed by atoms with Crippen LogP contribution < -0.4 is 21.9 Å². The molecule has 164 valence electrons. The summed E-state index contributed by atoms with van der Waals surface area (Å²) in [6.07, 6.45) is 10.2. The number of nitrogens with zero attached hydrogens (tertiary/aromatic N) is 2. The van der Waals surface area contributed by atoms with E-state index < -0.39 is 11.2 Å². The lowest BCUT2D eigenvalue weighted by Gasteiger charge is -2.26. The first-order chi connectivity index (χ1) is 14.5. The van der Waals surface area contributed by atoms with Gasteiger partial charge in [0.15, 0.2) is 5.69 Å². The fourth-order valence-corrected chi connectivity index (χ4v) is 4.17. The Labute approximate surface area is 176 Å². The maximum absolute atomic E-state index is 13.2. The first kappa shape index (κ1) is 21.9. The second-order valence-corrected chi connectivity index (χ2v) is 8.10. The molecule has 8 nitrogen and oxygen atoms in total. The van der Waals surface area contributed by atoms with Crippen molar-refractivity contribution in [1.29, 1.82) is 0 Å². The highest BCUT2D eigenvalue weighted by atomic mass is 16.3. The second-order valence-electron chi connectivity index (χ2n) is 8.10. The summed E-state index contributed by atoms with van der Waals surface area (Å²) >= 11 is 0. The SMILES string of the molecule is CCCCn1c(N)c(N(Cc2ccco2)C(=O)CCC2CCCCC2)c(=O)[nH]c1=O. The topological polar surface area (TPSA) is 114 Å². The Hall–Kier alpha value is -2.77. The molecular formula is C22H32N4O4. The molecule has 3 N–H and O–H groups in total. The van der Waals surface area contributed by atoms with E-state index in [1.165, 1.54) is 35.0 Å². The highest BCUT2D eigenvalue weighted by molar-refractivity contribution is 5.95. The zero-order valence-corrected chi connectivity index (χ0v) is 17.7. The number of H-pyrrole nitrogens is 1. The molecule has 30 heavy (non-hydrogen) atoms. The number of amides is 1. The minimum atomic E-state index is -0.650. The van der Waals surface area contributed by atoms with Gasteiger partial charge in [0, 0.05) is 13.0 Å². The Morgan fingerprint density at radius 1 is 1.30 bits per heavy atom. The average molecular weight is 417 g/mol. The van der Waals surface area contributed by atoms with Crippen LogP contribution in [0.1, 0.15) is 70.5 Å². The van der Waals surface area contributed by atoms with Crippen LogP contribution in [0.25, 0.3) is 0 Å². The summed E-state index contributed by atoms with van der Waals surface area (Å²) in [5.41, 5.74) is 5.07. The van der Waals surface area contributed by atoms with Gasteiger partial charge < -0.3 is 10.2 Å². The third-order valence-corrected chi connectivity index (χ3v) is 5.91. The zero-order chi connectivity index (χ0) is 21.5. The molecule has 2 heterocycles. The number of carbonyl (C=O) groups is 1. The normalized spacial score (nSPS) is 14.7. The predicted molar refractivity (Wildman–Crippen MR) is 116 cm³/mol. The van der Waals surface area contributed by atoms with Crippen molar-refractivity contribution in [2.45, 2.75) is 77.8 Å². The first-order valence-electron chi connectivity index (χ1n) is 11.0. The monoisotopic (exact) mass is 416 g/mol. The molecule has 0 spiro atoms. The third-order valence-electron chi connectivity index (χ3n) is 5.91. The van der Waals surface area contributed by atoms with Crippen LogP contribution in [0.2, 0.25) is 0 Å². The van der Waals surface area contributed by atoms with Gasteiger partial charge in [-0.25, -0.2) is 4.79 Å². The lowest BCUT2D eigenvalue weighted by atomic mass is 9.86. The maximum Gasteiger partial charge on any atom is 0.330 e. The number of nitrogens with one attached hydrogen (secondary N) is 1. The van der Waals surface area contributed by atoms with Gasteiger partial charge in [0.05, 0.1) is 12.8 Å². The molecule has 0 aliphatic heterocycles. The molecular weight excluding hydrogens is 384 g/mol. The van der Waals surface area contributed by atoms with Gasteiger partial charge in [-0.15, -0.1) is 0 Å². The minimum Gasteiger partial charge on any atom is -0.467 e. The van der Waals surface area contributed by atoms with E-state index in [9.17, 15) is 14.4 Å². The van der Waals surface area contributed by atoms with E-state index in [0.717, 1.165) is 32.1 Å². The second kappa shape index (κ2) is 10.3. The standard InChI is InChI=1S/C22H32N4O4/c1-2-3-13-25-20(23)19(21(28)24-22(25)29)26(15-17-10-7-14-30-17)18(27)12-11-16-8-5-4-6-9-16/h7,10,14,16H,2-6,8-9,11-13,15,23H2,1H3,(H,24,28,29). The number of aromatic amines is 1. The van der Waals surface area contributed by atoms with Crippen molar-refractivity contribution in [2.75, 3.05) is 10.6 Å². The largest absolute Gasteiger partial charge is 0.467 e. The number of aromatic nitrogens is 2. The van der Waals surface area contributed by atoms with Crippen molar-refractivity contribution < 1.29 is 9.21 Å². The van der Waals surface area contributed by atoms with Gasteiger partial charge >= 0.3 is 5.69 Å². The van der Waals surface area contributed by atoms with Gasteiger partial charge in [-0.05, 0) is 30.9 Å². The Morgan fingerprint density at radius 3 is 2.73 bits per heavy atom. The van der Waals surface area contributed by atoms with E-state index in [1.807, 2.05) is 6.92 Å². The molecule has 1 saturated carbocycles. The Bertz CT molecular complexity index is 939. The number of nitrogens with two attached hydrogens (primary N) is 1. The lowest BCUT2D eigenvalue weighted by Crippen LogP contribution is -2.41. The van der Waals surface area contributed by atoms with Crippen LogP contribution in [0, 0.1) is 5.92 Å². The number of hydrogen-bond acceptors (Lipinski definition) is 5. The van der Waals surface area contributed by atoms with Crippen LogP contribution in [-0.2, 0) is 17.9 Å². The molecule has 0 saturated heterocycles. The van der Waals surface area contributed by atoms with E-state index >= 15 is 0 Å². The van der Waals surface area contributed by atoms with Gasteiger partial charge in [0.25, 0.3) is 5.56 Å². The van der Waals surface area contributed by atoms with E-state index in [1.54, 1.807) is 12.1 Å². The fourth-order valence-electron chi connectivity index (χ4n) is 4.17. The molecule has 1 aliphatic carbocycles. The van der Waals surface area contributed by atoms with Crippen molar-refractivity contribution >= 4 is 17.4 Å². The van der Waals surface area contributed by atoms with Crippen molar-refractivity contribution in [3.63, 3.8) is 0 Å². The predicted octanol–water partition coefficient (Wildman–Crippen LogP) is 3.41. The van der Waals surface area contributed by atoms with Crippen LogP contribution in [0.15, 0.2) is 32.4 Å².